The molecule has 1 aliphatic heterocycles. The van der Waals surface area contributed by atoms with Crippen LogP contribution in [-0.2, 0) is 4.79 Å². The van der Waals surface area contributed by atoms with Crippen LogP contribution in [0.2, 0.25) is 0 Å². The Bertz CT molecular complexity index is 644. The lowest BCUT2D eigenvalue weighted by atomic mass is 10.1. The van der Waals surface area contributed by atoms with Gasteiger partial charge < -0.3 is 25.8 Å². The number of hydrogen-bond donors (Lipinski definition) is 4. The molecule has 1 amide bonds. The van der Waals surface area contributed by atoms with E-state index >= 15 is 0 Å². The molecule has 4 N–H and O–H groups in total. The maximum atomic E-state index is 11.5. The second-order valence-corrected chi connectivity index (χ2v) is 6.88. The van der Waals surface area contributed by atoms with E-state index in [2.05, 4.69) is 25.8 Å². The monoisotopic (exact) mass is 391 g/mol. The first kappa shape index (κ1) is 22.0. The molecule has 0 saturated carbocycles. The Morgan fingerprint density at radius 3 is 2.79 bits per heavy atom. The first-order chi connectivity index (χ1) is 13.5. The number of amides is 1. The molecule has 156 valence electrons. The van der Waals surface area contributed by atoms with Crippen molar-refractivity contribution >= 4 is 11.9 Å². The third kappa shape index (κ3) is 7.01. The number of hydrogen-bond acceptors (Lipinski definition) is 5. The van der Waals surface area contributed by atoms with Gasteiger partial charge in [-0.1, -0.05) is 12.1 Å². The second-order valence-electron chi connectivity index (χ2n) is 6.88. The first-order valence-electron chi connectivity index (χ1n) is 9.85. The number of carbonyl (C=O) groups is 1. The van der Waals surface area contributed by atoms with Crippen LogP contribution in [0.15, 0.2) is 29.3 Å². The van der Waals surface area contributed by atoms with Gasteiger partial charge in [0.2, 0.25) is 5.91 Å². The van der Waals surface area contributed by atoms with Gasteiger partial charge in [0.05, 0.1) is 26.3 Å². The molecule has 28 heavy (non-hydrogen) atoms. The van der Waals surface area contributed by atoms with E-state index in [1.807, 2.05) is 31.2 Å². The lowest BCUT2D eigenvalue weighted by Gasteiger charge is -2.32. The van der Waals surface area contributed by atoms with E-state index < -0.39 is 6.10 Å². The fourth-order valence-electron chi connectivity index (χ4n) is 3.16. The number of methoxy groups -OCH3 is 1. The highest BCUT2D eigenvalue weighted by molar-refractivity contribution is 5.80. The van der Waals surface area contributed by atoms with E-state index in [4.69, 9.17) is 4.74 Å². The Morgan fingerprint density at radius 2 is 2.14 bits per heavy atom. The molecule has 0 aliphatic carbocycles. The van der Waals surface area contributed by atoms with Crippen molar-refractivity contribution in [2.45, 2.75) is 31.9 Å². The maximum absolute atomic E-state index is 11.5. The van der Waals surface area contributed by atoms with Crippen molar-refractivity contribution in [2.24, 2.45) is 4.99 Å². The lowest BCUT2D eigenvalue weighted by Crippen LogP contribution is -2.50. The maximum Gasteiger partial charge on any atom is 0.233 e. The molecule has 1 aliphatic rings. The fraction of sp³-hybridized carbons (Fsp3) is 0.600. The van der Waals surface area contributed by atoms with Crippen LogP contribution in [0.5, 0.6) is 5.75 Å². The predicted octanol–water partition coefficient (Wildman–Crippen LogP) is 0.494. The quantitative estimate of drug-likeness (QED) is 0.380. The van der Waals surface area contributed by atoms with Crippen LogP contribution in [0.1, 0.15) is 31.4 Å². The summed E-state index contributed by atoms with van der Waals surface area (Å²) in [7, 11) is 3.27. The summed E-state index contributed by atoms with van der Waals surface area (Å²) in [5.74, 6) is 1.47. The zero-order valence-corrected chi connectivity index (χ0v) is 17.1. The predicted molar refractivity (Wildman–Crippen MR) is 111 cm³/mol. The molecule has 1 atom stereocenters. The van der Waals surface area contributed by atoms with Gasteiger partial charge in [-0.05, 0) is 37.5 Å². The highest BCUT2D eigenvalue weighted by Gasteiger charge is 2.21. The van der Waals surface area contributed by atoms with Crippen molar-refractivity contribution in [2.75, 3.05) is 46.9 Å². The van der Waals surface area contributed by atoms with Gasteiger partial charge in [0.1, 0.15) is 5.75 Å². The number of ether oxygens (including phenoxy) is 1. The molecule has 2 rings (SSSR count). The summed E-state index contributed by atoms with van der Waals surface area (Å²) in [4.78, 5) is 18.2. The molecule has 1 aromatic carbocycles. The number of carbonyl (C=O) groups excluding carboxylic acids is 1. The molecule has 1 fully saturated rings. The molecule has 0 radical (unpaired) electrons. The molecule has 0 spiro atoms. The Labute approximate surface area is 167 Å². The molecule has 8 heteroatoms. The normalized spacial score (nSPS) is 17.1. The summed E-state index contributed by atoms with van der Waals surface area (Å²) in [6.07, 6.45) is 1.19. The van der Waals surface area contributed by atoms with E-state index in [9.17, 15) is 9.90 Å². The number of nitrogens with zero attached hydrogens (tertiary/aromatic N) is 2. The highest BCUT2D eigenvalue weighted by atomic mass is 16.5. The fourth-order valence-corrected chi connectivity index (χ4v) is 3.16. The summed E-state index contributed by atoms with van der Waals surface area (Å²) >= 11 is 0. The smallest absolute Gasteiger partial charge is 0.233 e. The summed E-state index contributed by atoms with van der Waals surface area (Å²) in [6.45, 7) is 5.22. The molecular weight excluding hydrogens is 358 g/mol. The number of benzene rings is 1. The first-order valence-corrected chi connectivity index (χ1v) is 9.85. The number of aliphatic imine (C=N–C) groups is 1. The van der Waals surface area contributed by atoms with Crippen molar-refractivity contribution in [1.29, 1.82) is 0 Å². The minimum atomic E-state index is -0.694. The van der Waals surface area contributed by atoms with E-state index in [1.165, 1.54) is 0 Å². The van der Waals surface area contributed by atoms with Gasteiger partial charge in [0.25, 0.3) is 0 Å². The Kier molecular flexibility index (Phi) is 9.03. The number of nitrogens with one attached hydrogen (secondary N) is 3. The average Bonchev–Trinajstić information content (AvgIpc) is 2.73. The number of piperidine rings is 1. The van der Waals surface area contributed by atoms with Crippen molar-refractivity contribution in [1.82, 2.24) is 20.9 Å². The molecule has 8 nitrogen and oxygen atoms in total. The van der Waals surface area contributed by atoms with Crippen LogP contribution < -0.4 is 20.7 Å². The van der Waals surface area contributed by atoms with Gasteiger partial charge in [-0.15, -0.1) is 0 Å². The molecule has 0 bridgehead atoms. The Morgan fingerprint density at radius 1 is 1.39 bits per heavy atom. The summed E-state index contributed by atoms with van der Waals surface area (Å²) in [6, 6.07) is 7.69. The number of guanidine groups is 1. The van der Waals surface area contributed by atoms with Crippen LogP contribution in [0.4, 0.5) is 0 Å². The third-order valence-corrected chi connectivity index (χ3v) is 4.82. The zero-order chi connectivity index (χ0) is 20.4. The van der Waals surface area contributed by atoms with Gasteiger partial charge in [-0.3, -0.25) is 14.7 Å². The largest absolute Gasteiger partial charge is 0.497 e. The summed E-state index contributed by atoms with van der Waals surface area (Å²) in [5, 5.41) is 19.8. The summed E-state index contributed by atoms with van der Waals surface area (Å²) in [5.41, 5.74) is 0.779. The highest BCUT2D eigenvalue weighted by Crippen LogP contribution is 2.19. The van der Waals surface area contributed by atoms with Crippen LogP contribution in [-0.4, -0.2) is 74.8 Å². The molecule has 1 aromatic rings. The molecule has 0 aromatic heterocycles. The second kappa shape index (κ2) is 11.5. The van der Waals surface area contributed by atoms with Gasteiger partial charge in [0.15, 0.2) is 5.96 Å². The average molecular weight is 392 g/mol. The lowest BCUT2D eigenvalue weighted by molar-refractivity contribution is -0.122. The zero-order valence-electron chi connectivity index (χ0n) is 17.1. The van der Waals surface area contributed by atoms with Crippen molar-refractivity contribution in [3.63, 3.8) is 0 Å². The number of rotatable bonds is 8. The van der Waals surface area contributed by atoms with Gasteiger partial charge in [-0.2, -0.15) is 0 Å². The van der Waals surface area contributed by atoms with Crippen LogP contribution >= 0.6 is 0 Å². The van der Waals surface area contributed by atoms with Crippen molar-refractivity contribution in [3.05, 3.63) is 29.8 Å². The molecule has 1 saturated heterocycles. The molecule has 1 unspecified atom stereocenters. The minimum Gasteiger partial charge on any atom is -0.497 e. The van der Waals surface area contributed by atoms with Gasteiger partial charge >= 0.3 is 0 Å². The molecular formula is C20H33N5O3. The van der Waals surface area contributed by atoms with Crippen LogP contribution in [0, 0.1) is 0 Å². The van der Waals surface area contributed by atoms with Crippen molar-refractivity contribution in [3.8, 4) is 5.75 Å². The summed E-state index contributed by atoms with van der Waals surface area (Å²) < 4.78 is 5.21. The van der Waals surface area contributed by atoms with Gasteiger partial charge in [0, 0.05) is 32.7 Å². The van der Waals surface area contributed by atoms with Crippen molar-refractivity contribution < 1.29 is 14.6 Å². The number of likely N-dealkylation sites (N-methyl/N-ethyl adjacent to an activating group) is 1. The van der Waals surface area contributed by atoms with Gasteiger partial charge in [-0.25, -0.2) is 0 Å². The minimum absolute atomic E-state index is 0.0489. The third-order valence-electron chi connectivity index (χ3n) is 4.82. The van der Waals surface area contributed by atoms with E-state index in [1.54, 1.807) is 14.2 Å². The Hall–Kier alpha value is -2.32. The topological polar surface area (TPSA) is 98.2 Å². The molecule has 1 heterocycles. The Balaban J connectivity index is 1.87. The van der Waals surface area contributed by atoms with E-state index in [-0.39, 0.29) is 12.5 Å². The number of aliphatic hydroxyl groups excluding tert-OH is 1. The van der Waals surface area contributed by atoms with Crippen LogP contribution in [0.3, 0.4) is 0 Å². The van der Waals surface area contributed by atoms with E-state index in [0.717, 1.165) is 38.0 Å². The standard InChI is InChI=1S/C20H33N5O3/c1-4-22-20(23-13-18(26)15-6-5-7-17(12-15)28-3)24-16-8-10-25(11-9-16)14-19(27)21-2/h5-7,12,16,18,26H,4,8-11,13-14H2,1-3H3,(H,21,27)(H2,22,23,24). The SMILES string of the molecule is CCNC(=NCC(O)c1cccc(OC)c1)NC1CCN(CC(=O)NC)CC1. The number of aliphatic hydroxyl groups is 1. The van der Waals surface area contributed by atoms with E-state index in [0.29, 0.717) is 24.3 Å². The van der Waals surface area contributed by atoms with Crippen LogP contribution in [0.25, 0.3) is 0 Å². The number of likely N-dealkylation sites (tertiary alicyclic amines) is 1.